The average Bonchev–Trinajstić information content (AvgIpc) is 2.87. The number of nitrogens with one attached hydrogen (secondary N) is 1. The number of nitrogens with zero attached hydrogens (tertiary/aromatic N) is 1. The third-order valence-electron chi connectivity index (χ3n) is 3.41. The van der Waals surface area contributed by atoms with Crippen molar-refractivity contribution in [2.24, 2.45) is 11.5 Å². The molecule has 1 saturated heterocycles. The van der Waals surface area contributed by atoms with Crippen molar-refractivity contribution in [1.29, 1.82) is 0 Å². The average molecular weight is 276 g/mol. The monoisotopic (exact) mass is 276 g/mol. The first-order valence-corrected chi connectivity index (χ1v) is 6.70. The van der Waals surface area contributed by atoms with Crippen LogP contribution in [0.4, 0.5) is 5.69 Å². The third kappa shape index (κ3) is 3.71. The van der Waals surface area contributed by atoms with E-state index in [2.05, 4.69) is 10.2 Å². The van der Waals surface area contributed by atoms with E-state index in [0.717, 1.165) is 25.2 Å². The fraction of sp³-hybridized carbons (Fsp3) is 0.429. The maximum absolute atomic E-state index is 11.8. The van der Waals surface area contributed by atoms with Gasteiger partial charge in [-0.05, 0) is 18.6 Å². The Kier molecular flexibility index (Phi) is 4.57. The molecular formula is C14H20N4O2. The van der Waals surface area contributed by atoms with Crippen LogP contribution >= 0.6 is 0 Å². The number of amides is 2. The minimum Gasteiger partial charge on any atom is -0.370 e. The molecule has 2 rings (SSSR count). The van der Waals surface area contributed by atoms with Gasteiger partial charge in [0, 0.05) is 24.8 Å². The number of carbonyl (C=O) groups is 2. The number of carbonyl (C=O) groups excluding carboxylic acids is 2. The lowest BCUT2D eigenvalue weighted by atomic mass is 10.1. The molecule has 1 fully saturated rings. The van der Waals surface area contributed by atoms with Crippen molar-refractivity contribution >= 4 is 17.5 Å². The number of rotatable bonds is 5. The summed E-state index contributed by atoms with van der Waals surface area (Å²) in [5.74, 6) is -0.881. The molecule has 0 radical (unpaired) electrons. The Bertz CT molecular complexity index is 477. The van der Waals surface area contributed by atoms with Crippen LogP contribution in [-0.4, -0.2) is 37.0 Å². The lowest BCUT2D eigenvalue weighted by Gasteiger charge is -2.19. The SMILES string of the molecule is NC(=O)C[C@H](N)C(=O)NC1CCN(c2ccccc2)C1. The first-order chi connectivity index (χ1) is 9.56. The minimum atomic E-state index is -0.863. The smallest absolute Gasteiger partial charge is 0.237 e. The van der Waals surface area contributed by atoms with Crippen molar-refractivity contribution in [3.63, 3.8) is 0 Å². The number of hydrogen-bond donors (Lipinski definition) is 3. The molecule has 1 heterocycles. The maximum atomic E-state index is 11.8. The highest BCUT2D eigenvalue weighted by molar-refractivity contribution is 5.87. The first-order valence-electron chi connectivity index (χ1n) is 6.70. The van der Waals surface area contributed by atoms with Crippen LogP contribution in [0, 0.1) is 0 Å². The van der Waals surface area contributed by atoms with Gasteiger partial charge in [0.1, 0.15) is 0 Å². The summed E-state index contributed by atoms with van der Waals surface area (Å²) in [5, 5.41) is 2.87. The minimum absolute atomic E-state index is 0.0571. The number of anilines is 1. The lowest BCUT2D eigenvalue weighted by Crippen LogP contribution is -2.47. The van der Waals surface area contributed by atoms with Crippen molar-refractivity contribution in [3.05, 3.63) is 30.3 Å². The van der Waals surface area contributed by atoms with Crippen molar-refractivity contribution in [2.75, 3.05) is 18.0 Å². The Balaban J connectivity index is 1.84. The fourth-order valence-corrected chi connectivity index (χ4v) is 2.37. The zero-order valence-electron chi connectivity index (χ0n) is 11.3. The zero-order chi connectivity index (χ0) is 14.5. The summed E-state index contributed by atoms with van der Waals surface area (Å²) in [6.45, 7) is 1.64. The molecule has 0 spiro atoms. The van der Waals surface area contributed by atoms with Gasteiger partial charge in [-0.15, -0.1) is 0 Å². The number of hydrogen-bond acceptors (Lipinski definition) is 4. The second-order valence-electron chi connectivity index (χ2n) is 5.05. The summed E-state index contributed by atoms with van der Waals surface area (Å²) >= 11 is 0. The summed E-state index contributed by atoms with van der Waals surface area (Å²) in [5.41, 5.74) is 11.8. The number of para-hydroxylation sites is 1. The molecule has 0 saturated carbocycles. The normalized spacial score (nSPS) is 19.6. The van der Waals surface area contributed by atoms with Crippen LogP contribution in [0.2, 0.25) is 0 Å². The molecule has 0 aromatic heterocycles. The largest absolute Gasteiger partial charge is 0.370 e. The molecule has 6 nitrogen and oxygen atoms in total. The summed E-state index contributed by atoms with van der Waals surface area (Å²) in [4.78, 5) is 24.8. The van der Waals surface area contributed by atoms with Crippen LogP contribution in [-0.2, 0) is 9.59 Å². The highest BCUT2D eigenvalue weighted by atomic mass is 16.2. The Morgan fingerprint density at radius 3 is 2.70 bits per heavy atom. The first kappa shape index (κ1) is 14.3. The van der Waals surface area contributed by atoms with E-state index in [1.807, 2.05) is 30.3 Å². The Morgan fingerprint density at radius 1 is 1.35 bits per heavy atom. The lowest BCUT2D eigenvalue weighted by molar-refractivity contribution is -0.126. The van der Waals surface area contributed by atoms with E-state index in [4.69, 9.17) is 11.5 Å². The molecule has 2 amide bonds. The summed E-state index contributed by atoms with van der Waals surface area (Å²) in [6, 6.07) is 9.24. The molecule has 1 aromatic carbocycles. The van der Waals surface area contributed by atoms with E-state index in [9.17, 15) is 9.59 Å². The quantitative estimate of drug-likeness (QED) is 0.680. The van der Waals surface area contributed by atoms with Gasteiger partial charge in [0.15, 0.2) is 0 Å². The molecule has 0 bridgehead atoms. The highest BCUT2D eigenvalue weighted by Crippen LogP contribution is 2.19. The molecule has 6 heteroatoms. The Morgan fingerprint density at radius 2 is 2.05 bits per heavy atom. The van der Waals surface area contributed by atoms with Gasteiger partial charge in [0.25, 0.3) is 0 Å². The van der Waals surface area contributed by atoms with Crippen molar-refractivity contribution in [2.45, 2.75) is 24.9 Å². The molecule has 1 aromatic rings. The van der Waals surface area contributed by atoms with Gasteiger partial charge in [-0.3, -0.25) is 9.59 Å². The molecule has 0 aliphatic carbocycles. The van der Waals surface area contributed by atoms with Crippen LogP contribution in [0.1, 0.15) is 12.8 Å². The predicted molar refractivity (Wildman–Crippen MR) is 77.0 cm³/mol. The Labute approximate surface area is 118 Å². The second-order valence-corrected chi connectivity index (χ2v) is 5.05. The highest BCUT2D eigenvalue weighted by Gasteiger charge is 2.26. The van der Waals surface area contributed by atoms with Crippen molar-refractivity contribution in [3.8, 4) is 0 Å². The van der Waals surface area contributed by atoms with Crippen LogP contribution in [0.3, 0.4) is 0 Å². The molecule has 5 N–H and O–H groups in total. The van der Waals surface area contributed by atoms with E-state index >= 15 is 0 Å². The topological polar surface area (TPSA) is 101 Å². The van der Waals surface area contributed by atoms with Crippen molar-refractivity contribution < 1.29 is 9.59 Å². The third-order valence-corrected chi connectivity index (χ3v) is 3.41. The van der Waals surface area contributed by atoms with Gasteiger partial charge in [0.05, 0.1) is 12.5 Å². The van der Waals surface area contributed by atoms with Gasteiger partial charge in [-0.25, -0.2) is 0 Å². The second kappa shape index (κ2) is 6.38. The van der Waals surface area contributed by atoms with Crippen LogP contribution < -0.4 is 21.7 Å². The summed E-state index contributed by atoms with van der Waals surface area (Å²) in [6.07, 6.45) is 0.741. The van der Waals surface area contributed by atoms with Gasteiger partial charge in [-0.1, -0.05) is 18.2 Å². The van der Waals surface area contributed by atoms with Crippen LogP contribution in [0.25, 0.3) is 0 Å². The summed E-state index contributed by atoms with van der Waals surface area (Å²) < 4.78 is 0. The number of primary amides is 1. The zero-order valence-corrected chi connectivity index (χ0v) is 11.3. The van der Waals surface area contributed by atoms with E-state index in [1.54, 1.807) is 0 Å². The van der Waals surface area contributed by atoms with E-state index in [-0.39, 0.29) is 18.4 Å². The molecule has 20 heavy (non-hydrogen) atoms. The van der Waals surface area contributed by atoms with E-state index in [1.165, 1.54) is 0 Å². The molecular weight excluding hydrogens is 256 g/mol. The van der Waals surface area contributed by atoms with Crippen LogP contribution in [0.5, 0.6) is 0 Å². The van der Waals surface area contributed by atoms with Gasteiger partial charge >= 0.3 is 0 Å². The van der Waals surface area contributed by atoms with Crippen molar-refractivity contribution in [1.82, 2.24) is 5.32 Å². The standard InChI is InChI=1S/C14H20N4O2/c15-12(8-13(16)19)14(20)17-10-6-7-18(9-10)11-4-2-1-3-5-11/h1-5,10,12H,6-9,15H2,(H2,16,19)(H,17,20)/t10?,12-/m0/s1. The number of nitrogens with two attached hydrogens (primary N) is 2. The van der Waals surface area contributed by atoms with E-state index < -0.39 is 11.9 Å². The fourth-order valence-electron chi connectivity index (χ4n) is 2.37. The molecule has 2 atom stereocenters. The van der Waals surface area contributed by atoms with Gasteiger partial charge in [0.2, 0.25) is 11.8 Å². The Hall–Kier alpha value is -2.08. The number of benzene rings is 1. The molecule has 108 valence electrons. The van der Waals surface area contributed by atoms with Gasteiger partial charge < -0.3 is 21.7 Å². The maximum Gasteiger partial charge on any atom is 0.237 e. The van der Waals surface area contributed by atoms with Crippen LogP contribution in [0.15, 0.2) is 30.3 Å². The predicted octanol–water partition coefficient (Wildman–Crippen LogP) is -0.416. The molecule has 1 aliphatic heterocycles. The summed E-state index contributed by atoms with van der Waals surface area (Å²) in [7, 11) is 0. The van der Waals surface area contributed by atoms with E-state index in [0.29, 0.717) is 0 Å². The molecule has 1 aliphatic rings. The molecule has 1 unspecified atom stereocenters. The van der Waals surface area contributed by atoms with Gasteiger partial charge in [-0.2, -0.15) is 0 Å².